The maximum absolute atomic E-state index is 8.90. The van der Waals surface area contributed by atoms with E-state index in [2.05, 4.69) is 363 Å². The van der Waals surface area contributed by atoms with E-state index in [1.807, 2.05) is 28.7 Å². The molecular formula is C103H118S3. The van der Waals surface area contributed by atoms with Gasteiger partial charge in [0.1, 0.15) is 0 Å². The van der Waals surface area contributed by atoms with E-state index in [1.165, 1.54) is 139 Å². The Morgan fingerprint density at radius 2 is 0.500 bits per heavy atom. The van der Waals surface area contributed by atoms with E-state index < -0.39 is 0 Å². The van der Waals surface area contributed by atoms with Crippen LogP contribution in [0.5, 0.6) is 0 Å². The molecule has 0 saturated heterocycles. The summed E-state index contributed by atoms with van der Waals surface area (Å²) in [6, 6.07) is 68.5. The molecule has 0 unspecified atom stereocenters. The molecule has 0 spiro atoms. The molecule has 3 heteroatoms. The smallest absolute Gasteiger partial charge is 0.0629 e. The maximum Gasteiger partial charge on any atom is 0.0629 e. The lowest BCUT2D eigenvalue weighted by Gasteiger charge is -2.27. The van der Waals surface area contributed by atoms with E-state index in [-0.39, 0.29) is 72.9 Å². The monoisotopic (exact) mass is 1450 g/mol. The minimum atomic E-state index is -0.325. The Kier molecular flexibility index (Phi) is 19.1. The number of rotatable bonds is 5. The Balaban J connectivity index is 0.000000155. The molecule has 106 heavy (non-hydrogen) atoms. The van der Waals surface area contributed by atoms with Crippen molar-refractivity contribution in [3.05, 3.63) is 262 Å². The number of fused-ring (bicyclic) bond motifs is 9. The van der Waals surface area contributed by atoms with Crippen LogP contribution < -0.4 is 0 Å². The molecular weight excluding hydrogens is 1330 g/mol. The van der Waals surface area contributed by atoms with E-state index in [1.54, 1.807) is 18.3 Å². The van der Waals surface area contributed by atoms with Gasteiger partial charge in [-0.3, -0.25) is 0 Å². The van der Waals surface area contributed by atoms with Gasteiger partial charge in [-0.1, -0.05) is 362 Å². The van der Waals surface area contributed by atoms with Crippen LogP contribution in [0.25, 0.3) is 116 Å². The van der Waals surface area contributed by atoms with Gasteiger partial charge in [0.05, 0.1) is 5.48 Å². The molecule has 0 N–H and O–H groups in total. The Morgan fingerprint density at radius 3 is 0.802 bits per heavy atom. The first-order valence-corrected chi connectivity index (χ1v) is 40.8. The summed E-state index contributed by atoms with van der Waals surface area (Å²) < 4.78 is 42.8. The van der Waals surface area contributed by atoms with Crippen molar-refractivity contribution < 1.29 is 5.48 Å². The molecule has 14 aromatic rings. The van der Waals surface area contributed by atoms with Gasteiger partial charge < -0.3 is 0 Å². The summed E-state index contributed by atoms with van der Waals surface area (Å²) in [6.07, 6.45) is 0. The minimum absolute atomic E-state index is 0.00434. The third-order valence-electron chi connectivity index (χ3n) is 21.2. The van der Waals surface area contributed by atoms with Crippen molar-refractivity contribution in [1.82, 2.24) is 0 Å². The van der Waals surface area contributed by atoms with Gasteiger partial charge >= 0.3 is 0 Å². The second kappa shape index (κ2) is 27.9. The summed E-state index contributed by atoms with van der Waals surface area (Å²) in [5, 5.41) is 8.01. The average Bonchev–Trinajstić information content (AvgIpc) is 1.52. The summed E-state index contributed by atoms with van der Waals surface area (Å²) in [6.45, 7) is 63.7. The summed E-state index contributed by atoms with van der Waals surface area (Å²) >= 11 is 5.62. The van der Waals surface area contributed by atoms with Crippen LogP contribution in [-0.4, -0.2) is 0 Å². The molecule has 0 atom stereocenters. The van der Waals surface area contributed by atoms with Gasteiger partial charge in [-0.25, -0.2) is 0 Å². The molecule has 14 rings (SSSR count). The van der Waals surface area contributed by atoms with Crippen molar-refractivity contribution in [3.8, 4) is 55.6 Å². The normalized spacial score (nSPS) is 13.6. The van der Waals surface area contributed by atoms with Crippen LogP contribution in [0.2, 0.25) is 0 Å². The van der Waals surface area contributed by atoms with E-state index in [0.717, 1.165) is 21.2 Å². The van der Waals surface area contributed by atoms with E-state index in [9.17, 15) is 0 Å². The standard InChI is InChI=1S/C37H42S.C36H40S.C30H36S/c1-23-14-16-24(17-15-23)29-18-19-31-33(34(29)37(8,9)10)32-28(12-11-13-30(32)38-31)25-20-26(35(2,3)4)22-27(21-25)36(5,6)7;1-34(2,3)25-20-24(21-26(22-25)35(4,5)6)27-16-13-17-29-31(27)32-30(37-29)19-18-28(33(32)36(7,8)9)23-14-11-10-12-15-23;1-28(2,3)20-16-19(17-21(18-20)29(4,5)6)22-12-10-14-24-26(22)27-23(30(7,8)9)13-11-15-25(27)31-24/h11-22H,1-10H3;10-22H,1-9H3;10-18H,1-9H3/i14D,15D,16D,17D;;. The molecule has 0 saturated carbocycles. The van der Waals surface area contributed by atoms with Crippen LogP contribution in [-0.2, 0) is 48.7 Å². The molecule has 0 fully saturated rings. The van der Waals surface area contributed by atoms with E-state index >= 15 is 0 Å². The lowest BCUT2D eigenvalue weighted by molar-refractivity contribution is 0.568. The van der Waals surface area contributed by atoms with E-state index in [4.69, 9.17) is 5.48 Å². The summed E-state index contributed by atoms with van der Waals surface area (Å²) in [7, 11) is 0. The van der Waals surface area contributed by atoms with Gasteiger partial charge in [0.15, 0.2) is 0 Å². The molecule has 3 heterocycles. The fourth-order valence-corrected chi connectivity index (χ4v) is 18.6. The first kappa shape index (κ1) is 72.3. The van der Waals surface area contributed by atoms with Crippen LogP contribution in [0.3, 0.4) is 0 Å². The van der Waals surface area contributed by atoms with Gasteiger partial charge in [-0.05, 0) is 198 Å². The quantitative estimate of drug-likeness (QED) is 0.161. The summed E-state index contributed by atoms with van der Waals surface area (Å²) in [5.41, 5.74) is 24.2. The SMILES string of the molecule is CC(C)(C)c1cc(-c2cccc3sc4ccc(-c5ccccc5)c(C(C)(C)C)c4c23)cc(C(C)(C)C)c1.CC(C)(C)c1cc(-c2cccc3sc4cccc(C(C)(C)C)c4c23)cc(C(C)(C)C)c1.[2H]c1c([2H])c(-c2ccc3sc4cccc(-c5cc(C(C)(C)C)cc(C(C)(C)C)c5)c4c3c2C(C)(C)C)c([2H])c([2H])c1C. The molecule has 0 aliphatic rings. The largest absolute Gasteiger partial charge is 0.135 e. The van der Waals surface area contributed by atoms with Crippen molar-refractivity contribution in [3.63, 3.8) is 0 Å². The second-order valence-electron chi connectivity index (χ2n) is 39.3. The molecule has 11 aromatic carbocycles. The Bertz CT molecular complexity index is 5750. The third kappa shape index (κ3) is 15.9. The van der Waals surface area contributed by atoms with Gasteiger partial charge in [-0.15, -0.1) is 34.0 Å². The van der Waals surface area contributed by atoms with Crippen LogP contribution in [0, 0.1) is 6.92 Å². The Labute approximate surface area is 655 Å². The molecule has 3 aromatic heterocycles. The Hall–Kier alpha value is -7.92. The van der Waals surface area contributed by atoms with Gasteiger partial charge in [0.2, 0.25) is 0 Å². The minimum Gasteiger partial charge on any atom is -0.135 e. The fraction of sp³-hybridized carbons (Fsp3) is 0.359. The number of hydrogen-bond acceptors (Lipinski definition) is 3. The molecule has 0 aliphatic carbocycles. The van der Waals surface area contributed by atoms with Crippen molar-refractivity contribution >= 4 is 94.5 Å². The zero-order valence-corrected chi connectivity index (χ0v) is 71.5. The molecule has 0 bridgehead atoms. The number of thiophene rings is 3. The first-order chi connectivity index (χ1) is 50.8. The van der Waals surface area contributed by atoms with Crippen LogP contribution in [0.4, 0.5) is 0 Å². The van der Waals surface area contributed by atoms with Crippen LogP contribution in [0.15, 0.2) is 206 Å². The highest BCUT2D eigenvalue weighted by atomic mass is 32.1. The van der Waals surface area contributed by atoms with Gasteiger partial charge in [-0.2, -0.15) is 0 Å². The Morgan fingerprint density at radius 1 is 0.217 bits per heavy atom. The molecule has 0 nitrogen and oxygen atoms in total. The zero-order chi connectivity index (χ0) is 80.6. The zero-order valence-electron chi connectivity index (χ0n) is 73.0. The van der Waals surface area contributed by atoms with Gasteiger partial charge in [0, 0.05) is 60.5 Å². The first-order valence-electron chi connectivity index (χ1n) is 40.4. The van der Waals surface area contributed by atoms with Gasteiger partial charge in [0.25, 0.3) is 0 Å². The summed E-state index contributed by atoms with van der Waals surface area (Å²) in [5.74, 6) is 0. The highest BCUT2D eigenvalue weighted by Gasteiger charge is 2.31. The maximum atomic E-state index is 8.90. The predicted octanol–water partition coefficient (Wildman–Crippen LogP) is 32.5. The lowest BCUT2D eigenvalue weighted by Crippen LogP contribution is -2.16. The topological polar surface area (TPSA) is 0 Å². The average molecular weight is 1460 g/mol. The second-order valence-corrected chi connectivity index (χ2v) is 42.5. The van der Waals surface area contributed by atoms with Crippen molar-refractivity contribution in [2.75, 3.05) is 0 Å². The highest BCUT2D eigenvalue weighted by molar-refractivity contribution is 7.26. The van der Waals surface area contributed by atoms with Crippen LogP contribution in [0.1, 0.15) is 248 Å². The lowest BCUT2D eigenvalue weighted by atomic mass is 9.77. The molecule has 0 amide bonds. The number of benzene rings is 11. The van der Waals surface area contributed by atoms with E-state index in [0.29, 0.717) is 11.1 Å². The van der Waals surface area contributed by atoms with Crippen molar-refractivity contribution in [1.29, 1.82) is 0 Å². The van der Waals surface area contributed by atoms with Crippen molar-refractivity contribution in [2.45, 2.75) is 243 Å². The molecule has 548 valence electrons. The molecule has 0 aliphatic heterocycles. The summed E-state index contributed by atoms with van der Waals surface area (Å²) in [4.78, 5) is 0. The highest BCUT2D eigenvalue weighted by Crippen LogP contribution is 2.52. The predicted molar refractivity (Wildman–Crippen MR) is 478 cm³/mol. The van der Waals surface area contributed by atoms with Crippen molar-refractivity contribution in [2.24, 2.45) is 0 Å². The molecule has 0 radical (unpaired) electrons. The fourth-order valence-electron chi connectivity index (χ4n) is 15.1. The third-order valence-corrected chi connectivity index (χ3v) is 24.5. The number of hydrogen-bond donors (Lipinski definition) is 0. The van der Waals surface area contributed by atoms with Crippen LogP contribution >= 0.6 is 34.0 Å².